The number of hydrogen-bond acceptors (Lipinski definition) is 6. The van der Waals surface area contributed by atoms with E-state index >= 15 is 0 Å². The lowest BCUT2D eigenvalue weighted by Crippen LogP contribution is -1.98. The molecule has 0 heterocycles. The number of carbonyl (C=O) groups is 1. The zero-order valence-electron chi connectivity index (χ0n) is 6.59. The summed E-state index contributed by atoms with van der Waals surface area (Å²) >= 11 is 0. The number of phenolic OH excluding ortho intramolecular Hbond substituents is 3. The maximum absolute atomic E-state index is 10.4. The van der Waals surface area contributed by atoms with E-state index in [4.69, 9.17) is 30.6 Å². The fraction of sp³-hybridized carbons (Fsp3) is 0. The molecule has 0 amide bonds. The molecule has 0 spiro atoms. The minimum Gasteiger partial charge on any atom is -0.503 e. The van der Waals surface area contributed by atoms with E-state index in [2.05, 4.69) is 0 Å². The van der Waals surface area contributed by atoms with Crippen LogP contribution < -0.4 is 0 Å². The van der Waals surface area contributed by atoms with Crippen LogP contribution >= 0.6 is 0 Å². The standard InChI is InChI=1S/C7H6O7.Al.3H/c8-2-1(7(13)14)3(9)5(11)6(12)4(2)10;;;;/h8-12H,(H,13,14);;;;. The van der Waals surface area contributed by atoms with Crippen LogP contribution in [0.15, 0.2) is 0 Å². The normalized spacial score (nSPS) is 9.33. The molecular weight excluding hydrogens is 223 g/mol. The molecule has 15 heavy (non-hydrogen) atoms. The topological polar surface area (TPSA) is 138 Å². The Morgan fingerprint density at radius 2 is 1.00 bits per heavy atom. The number of hydrogen-bond donors (Lipinski definition) is 6. The van der Waals surface area contributed by atoms with Gasteiger partial charge in [0.05, 0.1) is 0 Å². The zero-order valence-corrected chi connectivity index (χ0v) is 6.59. The largest absolute Gasteiger partial charge is 0.503 e. The van der Waals surface area contributed by atoms with Crippen LogP contribution in [0, 0.1) is 0 Å². The van der Waals surface area contributed by atoms with Gasteiger partial charge in [-0.2, -0.15) is 0 Å². The third kappa shape index (κ3) is 1.86. The van der Waals surface area contributed by atoms with E-state index in [0.717, 1.165) is 0 Å². The summed E-state index contributed by atoms with van der Waals surface area (Å²) in [7, 11) is 0. The van der Waals surface area contributed by atoms with Crippen molar-refractivity contribution in [2.24, 2.45) is 0 Å². The summed E-state index contributed by atoms with van der Waals surface area (Å²) in [5.74, 6) is -7.80. The van der Waals surface area contributed by atoms with Crippen molar-refractivity contribution < 1.29 is 35.4 Å². The Morgan fingerprint density at radius 3 is 1.27 bits per heavy atom. The molecule has 0 atom stereocenters. The first-order valence-electron chi connectivity index (χ1n) is 3.30. The van der Waals surface area contributed by atoms with Crippen molar-refractivity contribution in [1.82, 2.24) is 0 Å². The van der Waals surface area contributed by atoms with Crippen LogP contribution in [0.2, 0.25) is 0 Å². The Hall–Kier alpha value is -1.78. The SMILES string of the molecule is O=C(O)c1c(O)c(O)c(O)c(O)c1O.[AlH3]. The number of benzene rings is 1. The van der Waals surface area contributed by atoms with Crippen molar-refractivity contribution in [2.75, 3.05) is 0 Å². The molecule has 0 aliphatic heterocycles. The van der Waals surface area contributed by atoms with Gasteiger partial charge in [-0.15, -0.1) is 0 Å². The number of rotatable bonds is 1. The minimum absolute atomic E-state index is 0. The number of carboxylic acid groups (broad SMARTS) is 1. The van der Waals surface area contributed by atoms with Gasteiger partial charge < -0.3 is 30.6 Å². The highest BCUT2D eigenvalue weighted by Gasteiger charge is 2.27. The number of aromatic carboxylic acids is 1. The van der Waals surface area contributed by atoms with Crippen LogP contribution in [0.25, 0.3) is 0 Å². The Kier molecular flexibility index (Phi) is 3.67. The van der Waals surface area contributed by atoms with Gasteiger partial charge in [-0.05, 0) is 0 Å². The van der Waals surface area contributed by atoms with E-state index in [-0.39, 0.29) is 17.4 Å². The first kappa shape index (κ1) is 13.2. The number of aromatic hydroxyl groups is 5. The predicted octanol–water partition coefficient (Wildman–Crippen LogP) is -1.27. The van der Waals surface area contributed by atoms with Gasteiger partial charge >= 0.3 is 5.97 Å². The minimum atomic E-state index is -1.76. The van der Waals surface area contributed by atoms with Gasteiger partial charge in [-0.25, -0.2) is 4.79 Å². The quantitative estimate of drug-likeness (QED) is 0.201. The molecule has 0 saturated carbocycles. The Bertz CT molecular complexity index is 385. The van der Waals surface area contributed by atoms with Crippen LogP contribution in [-0.4, -0.2) is 54.0 Å². The Morgan fingerprint density at radius 1 is 0.733 bits per heavy atom. The smallest absolute Gasteiger partial charge is 0.343 e. The van der Waals surface area contributed by atoms with Crippen LogP contribution in [0.1, 0.15) is 10.4 Å². The zero-order chi connectivity index (χ0) is 11.0. The van der Waals surface area contributed by atoms with Gasteiger partial charge in [0.1, 0.15) is 0 Å². The van der Waals surface area contributed by atoms with Crippen LogP contribution in [0.5, 0.6) is 28.7 Å². The molecule has 82 valence electrons. The van der Waals surface area contributed by atoms with Crippen LogP contribution in [0.3, 0.4) is 0 Å². The maximum atomic E-state index is 10.4. The first-order chi connectivity index (χ1) is 6.37. The molecule has 7 nitrogen and oxygen atoms in total. The Balaban J connectivity index is 0.00000196. The Labute approximate surface area is 93.6 Å². The highest BCUT2D eigenvalue weighted by atomic mass is 27.0. The van der Waals surface area contributed by atoms with E-state index in [1.165, 1.54) is 0 Å². The lowest BCUT2D eigenvalue weighted by molar-refractivity contribution is 0.0688. The highest BCUT2D eigenvalue weighted by molar-refractivity contribution is 5.97. The van der Waals surface area contributed by atoms with E-state index < -0.39 is 40.3 Å². The first-order valence-corrected chi connectivity index (χ1v) is 3.30. The summed E-state index contributed by atoms with van der Waals surface area (Å²) in [4.78, 5) is 10.4. The number of phenols is 5. The van der Waals surface area contributed by atoms with Gasteiger partial charge in [-0.1, -0.05) is 0 Å². The molecule has 0 aliphatic carbocycles. The molecule has 1 rings (SSSR count). The van der Waals surface area contributed by atoms with Gasteiger partial charge in [0.2, 0.25) is 17.2 Å². The van der Waals surface area contributed by atoms with E-state index in [1.54, 1.807) is 0 Å². The second-order valence-electron chi connectivity index (χ2n) is 2.42. The van der Waals surface area contributed by atoms with Gasteiger partial charge in [0.25, 0.3) is 0 Å². The van der Waals surface area contributed by atoms with Gasteiger partial charge in [-0.3, -0.25) is 0 Å². The molecule has 8 heteroatoms. The fourth-order valence-corrected chi connectivity index (χ4v) is 0.888. The molecule has 0 radical (unpaired) electrons. The summed E-state index contributed by atoms with van der Waals surface area (Å²) < 4.78 is 0. The summed E-state index contributed by atoms with van der Waals surface area (Å²) in [5.41, 5.74) is -1.09. The average Bonchev–Trinajstić information content (AvgIpc) is 2.11. The van der Waals surface area contributed by atoms with Crippen molar-refractivity contribution >= 4 is 23.3 Å². The molecule has 1 aromatic carbocycles. The summed E-state index contributed by atoms with van der Waals surface area (Å²) in [6.45, 7) is 0. The highest BCUT2D eigenvalue weighted by Crippen LogP contribution is 2.50. The van der Waals surface area contributed by atoms with E-state index in [9.17, 15) is 4.79 Å². The second-order valence-corrected chi connectivity index (χ2v) is 2.42. The third-order valence-corrected chi connectivity index (χ3v) is 1.58. The van der Waals surface area contributed by atoms with Crippen LogP contribution in [0.4, 0.5) is 0 Å². The summed E-state index contributed by atoms with van der Waals surface area (Å²) in [6.07, 6.45) is 0. The molecular formula is C7H9AlO7. The summed E-state index contributed by atoms with van der Waals surface area (Å²) in [6, 6.07) is 0. The maximum Gasteiger partial charge on any atom is 0.343 e. The monoisotopic (exact) mass is 232 g/mol. The van der Waals surface area contributed by atoms with Crippen molar-refractivity contribution in [1.29, 1.82) is 0 Å². The molecule has 1 aromatic rings. The van der Waals surface area contributed by atoms with Crippen molar-refractivity contribution in [3.05, 3.63) is 5.56 Å². The van der Waals surface area contributed by atoms with Crippen LogP contribution in [-0.2, 0) is 0 Å². The molecule has 0 bridgehead atoms. The van der Waals surface area contributed by atoms with E-state index in [0.29, 0.717) is 0 Å². The molecule has 0 aromatic heterocycles. The average molecular weight is 232 g/mol. The molecule has 0 unspecified atom stereocenters. The predicted molar refractivity (Wildman–Crippen MR) is 51.7 cm³/mol. The fourth-order valence-electron chi connectivity index (χ4n) is 0.888. The second kappa shape index (κ2) is 4.17. The van der Waals surface area contributed by atoms with Gasteiger partial charge in [0.15, 0.2) is 34.4 Å². The molecule has 0 saturated heterocycles. The van der Waals surface area contributed by atoms with E-state index in [1.807, 2.05) is 0 Å². The number of carboxylic acids is 1. The lowest BCUT2D eigenvalue weighted by Gasteiger charge is -2.08. The third-order valence-electron chi connectivity index (χ3n) is 1.58. The molecule has 0 fully saturated rings. The van der Waals surface area contributed by atoms with Crippen molar-refractivity contribution in [2.45, 2.75) is 0 Å². The molecule has 0 aliphatic rings. The van der Waals surface area contributed by atoms with Gasteiger partial charge in [0, 0.05) is 0 Å². The van der Waals surface area contributed by atoms with Crippen molar-refractivity contribution in [3.63, 3.8) is 0 Å². The van der Waals surface area contributed by atoms with Crippen molar-refractivity contribution in [3.8, 4) is 28.7 Å². The molecule has 6 N–H and O–H groups in total. The summed E-state index contributed by atoms with van der Waals surface area (Å²) in [5, 5.41) is 53.1. The lowest BCUT2D eigenvalue weighted by atomic mass is 10.1.